The van der Waals surface area contributed by atoms with Crippen LogP contribution < -0.4 is 20.7 Å². The van der Waals surface area contributed by atoms with E-state index >= 15 is 0 Å². The third kappa shape index (κ3) is 10.3. The summed E-state index contributed by atoms with van der Waals surface area (Å²) in [4.78, 5) is 24.1. The molecule has 0 aliphatic carbocycles. The molecule has 2 rings (SSSR count). The first-order chi connectivity index (χ1) is 15.5. The van der Waals surface area contributed by atoms with Crippen molar-refractivity contribution < 1.29 is 14.3 Å². The number of rotatable bonds is 14. The zero-order valence-electron chi connectivity index (χ0n) is 19.6. The highest BCUT2D eigenvalue weighted by atomic mass is 16.5. The van der Waals surface area contributed by atoms with Gasteiger partial charge in [0.15, 0.2) is 0 Å². The van der Waals surface area contributed by atoms with E-state index in [-0.39, 0.29) is 18.4 Å². The minimum absolute atomic E-state index is 0.00322. The maximum Gasteiger partial charge on any atom is 0.243 e. The van der Waals surface area contributed by atoms with Gasteiger partial charge in [0.25, 0.3) is 0 Å². The highest BCUT2D eigenvalue weighted by Crippen LogP contribution is 2.17. The number of nitrogens with one attached hydrogen (secondary N) is 3. The van der Waals surface area contributed by atoms with E-state index in [1.165, 1.54) is 25.7 Å². The van der Waals surface area contributed by atoms with Gasteiger partial charge in [-0.25, -0.2) is 0 Å². The lowest BCUT2D eigenvalue weighted by Crippen LogP contribution is -2.21. The van der Waals surface area contributed by atoms with Crippen molar-refractivity contribution in [3.8, 4) is 5.75 Å². The number of benzene rings is 2. The first-order valence-electron chi connectivity index (χ1n) is 11.6. The highest BCUT2D eigenvalue weighted by Gasteiger charge is 2.06. The van der Waals surface area contributed by atoms with Gasteiger partial charge in [0.05, 0.1) is 13.2 Å². The molecule has 0 fully saturated rings. The lowest BCUT2D eigenvalue weighted by Gasteiger charge is -2.11. The van der Waals surface area contributed by atoms with Crippen molar-refractivity contribution in [1.82, 2.24) is 0 Å². The average Bonchev–Trinajstić information content (AvgIpc) is 2.76. The summed E-state index contributed by atoms with van der Waals surface area (Å²) in [5, 5.41) is 8.83. The van der Waals surface area contributed by atoms with Crippen LogP contribution in [0.15, 0.2) is 48.5 Å². The van der Waals surface area contributed by atoms with Crippen molar-refractivity contribution >= 4 is 28.9 Å². The summed E-state index contributed by atoms with van der Waals surface area (Å²) in [7, 11) is 0. The standard InChI is InChI=1S/C26H37N3O3/c1-4-5-6-7-8-17-32-24-15-13-23(14-16-24)29-26(31)19-27-21-9-11-22(12-10-21)28-25(30)18-20(2)3/h9-16,20,27H,4-8,17-19H2,1-3H3,(H,28,30)(H,29,31). The SMILES string of the molecule is CCCCCCCOc1ccc(NC(=O)CNc2ccc(NC(=O)CC(C)C)cc2)cc1. The average molecular weight is 440 g/mol. The van der Waals surface area contributed by atoms with E-state index in [1.54, 1.807) is 0 Å². The Labute approximate surface area is 192 Å². The van der Waals surface area contributed by atoms with Crippen molar-refractivity contribution in [3.05, 3.63) is 48.5 Å². The summed E-state index contributed by atoms with van der Waals surface area (Å²) in [6.45, 7) is 7.10. The minimum atomic E-state index is -0.135. The topological polar surface area (TPSA) is 79.5 Å². The molecule has 0 spiro atoms. The van der Waals surface area contributed by atoms with Crippen LogP contribution in [0.4, 0.5) is 17.1 Å². The Kier molecular flexibility index (Phi) is 11.1. The Bertz CT molecular complexity index is 817. The van der Waals surface area contributed by atoms with Gasteiger partial charge in [-0.05, 0) is 60.9 Å². The van der Waals surface area contributed by atoms with Gasteiger partial charge < -0.3 is 20.7 Å². The molecule has 0 aliphatic heterocycles. The Morgan fingerprint density at radius 2 is 1.34 bits per heavy atom. The van der Waals surface area contributed by atoms with E-state index in [9.17, 15) is 9.59 Å². The second kappa shape index (κ2) is 14.1. The van der Waals surface area contributed by atoms with Crippen LogP contribution in [-0.4, -0.2) is 25.0 Å². The molecule has 0 atom stereocenters. The fourth-order valence-corrected chi connectivity index (χ4v) is 3.17. The Balaban J connectivity index is 1.68. The molecule has 0 saturated carbocycles. The zero-order valence-corrected chi connectivity index (χ0v) is 19.6. The number of hydrogen-bond acceptors (Lipinski definition) is 4. The fraction of sp³-hybridized carbons (Fsp3) is 0.462. The maximum atomic E-state index is 12.2. The Hall–Kier alpha value is -3.02. The van der Waals surface area contributed by atoms with Crippen LogP contribution in [0.1, 0.15) is 59.3 Å². The lowest BCUT2D eigenvalue weighted by molar-refractivity contribution is -0.117. The monoisotopic (exact) mass is 439 g/mol. The predicted octanol–water partition coefficient (Wildman–Crippen LogP) is 6.07. The molecule has 0 unspecified atom stereocenters. The fourth-order valence-electron chi connectivity index (χ4n) is 3.17. The smallest absolute Gasteiger partial charge is 0.243 e. The molecule has 2 aromatic carbocycles. The van der Waals surface area contributed by atoms with Crippen LogP contribution in [0.3, 0.4) is 0 Å². The van der Waals surface area contributed by atoms with Gasteiger partial charge >= 0.3 is 0 Å². The molecule has 0 heterocycles. The van der Waals surface area contributed by atoms with Crippen molar-refractivity contribution in [2.45, 2.75) is 59.3 Å². The van der Waals surface area contributed by atoms with Gasteiger partial charge in [0.2, 0.25) is 11.8 Å². The van der Waals surface area contributed by atoms with Crippen molar-refractivity contribution in [2.75, 3.05) is 29.1 Å². The van der Waals surface area contributed by atoms with E-state index in [2.05, 4.69) is 22.9 Å². The molecule has 0 radical (unpaired) electrons. The van der Waals surface area contributed by atoms with Crippen molar-refractivity contribution in [2.24, 2.45) is 5.92 Å². The summed E-state index contributed by atoms with van der Waals surface area (Å²) in [5.41, 5.74) is 2.29. The zero-order chi connectivity index (χ0) is 23.2. The molecule has 2 aromatic rings. The second-order valence-electron chi connectivity index (χ2n) is 8.41. The predicted molar refractivity (Wildman–Crippen MR) is 132 cm³/mol. The molecule has 3 N–H and O–H groups in total. The molecule has 6 heteroatoms. The van der Waals surface area contributed by atoms with E-state index in [0.29, 0.717) is 12.3 Å². The van der Waals surface area contributed by atoms with Gasteiger partial charge in [0.1, 0.15) is 5.75 Å². The molecule has 0 bridgehead atoms. The van der Waals surface area contributed by atoms with Crippen molar-refractivity contribution in [1.29, 1.82) is 0 Å². The minimum Gasteiger partial charge on any atom is -0.494 e. The van der Waals surface area contributed by atoms with E-state index in [0.717, 1.165) is 35.8 Å². The molecule has 2 amide bonds. The number of carbonyl (C=O) groups is 2. The number of hydrogen-bond donors (Lipinski definition) is 3. The molecule has 6 nitrogen and oxygen atoms in total. The highest BCUT2D eigenvalue weighted by molar-refractivity contribution is 5.94. The van der Waals surface area contributed by atoms with Crippen LogP contribution in [0.2, 0.25) is 0 Å². The van der Waals surface area contributed by atoms with Gasteiger partial charge in [-0.15, -0.1) is 0 Å². The van der Waals surface area contributed by atoms with Crippen LogP contribution in [0.25, 0.3) is 0 Å². The number of amides is 2. The van der Waals surface area contributed by atoms with Crippen LogP contribution >= 0.6 is 0 Å². The van der Waals surface area contributed by atoms with E-state index in [1.807, 2.05) is 62.4 Å². The van der Waals surface area contributed by atoms with Crippen LogP contribution in [0, 0.1) is 5.92 Å². The second-order valence-corrected chi connectivity index (χ2v) is 8.41. The molecule has 174 valence electrons. The summed E-state index contributed by atoms with van der Waals surface area (Å²) in [6.07, 6.45) is 6.55. The van der Waals surface area contributed by atoms with Crippen LogP contribution in [-0.2, 0) is 9.59 Å². The number of carbonyl (C=O) groups excluding carboxylic acids is 2. The summed E-state index contributed by atoms with van der Waals surface area (Å²) < 4.78 is 5.75. The maximum absolute atomic E-state index is 12.2. The van der Waals surface area contributed by atoms with Crippen LogP contribution in [0.5, 0.6) is 5.75 Å². The Morgan fingerprint density at radius 1 is 0.781 bits per heavy atom. The number of ether oxygens (including phenoxy) is 1. The van der Waals surface area contributed by atoms with Gasteiger partial charge in [0, 0.05) is 23.5 Å². The largest absolute Gasteiger partial charge is 0.494 e. The molecule has 0 saturated heterocycles. The molecule has 0 aromatic heterocycles. The van der Waals surface area contributed by atoms with E-state index in [4.69, 9.17) is 4.74 Å². The number of unbranched alkanes of at least 4 members (excludes halogenated alkanes) is 4. The van der Waals surface area contributed by atoms with Gasteiger partial charge in [-0.3, -0.25) is 9.59 Å². The third-order valence-electron chi connectivity index (χ3n) is 4.87. The Morgan fingerprint density at radius 3 is 1.97 bits per heavy atom. The summed E-state index contributed by atoms with van der Waals surface area (Å²) >= 11 is 0. The normalized spacial score (nSPS) is 10.6. The summed E-state index contributed by atoms with van der Waals surface area (Å²) in [6, 6.07) is 14.8. The number of anilines is 3. The van der Waals surface area contributed by atoms with E-state index < -0.39 is 0 Å². The third-order valence-corrected chi connectivity index (χ3v) is 4.87. The molecule has 0 aliphatic rings. The van der Waals surface area contributed by atoms with Gasteiger partial charge in [-0.1, -0.05) is 46.5 Å². The first-order valence-corrected chi connectivity index (χ1v) is 11.6. The molecule has 32 heavy (non-hydrogen) atoms. The lowest BCUT2D eigenvalue weighted by atomic mass is 10.1. The quantitative estimate of drug-likeness (QED) is 0.312. The van der Waals surface area contributed by atoms with Crippen molar-refractivity contribution in [3.63, 3.8) is 0 Å². The molecular formula is C26H37N3O3. The first kappa shape index (κ1) is 25.2. The molecular weight excluding hydrogens is 402 g/mol. The van der Waals surface area contributed by atoms with Gasteiger partial charge in [-0.2, -0.15) is 0 Å². The summed E-state index contributed by atoms with van der Waals surface area (Å²) in [5.74, 6) is 1.00.